The Morgan fingerprint density at radius 2 is 2.14 bits per heavy atom. The van der Waals surface area contributed by atoms with Crippen LogP contribution in [0, 0.1) is 19.3 Å². The van der Waals surface area contributed by atoms with Crippen molar-refractivity contribution in [2.75, 3.05) is 44.6 Å². The molecule has 1 aliphatic rings. The van der Waals surface area contributed by atoms with Crippen molar-refractivity contribution in [2.24, 2.45) is 0 Å². The van der Waals surface area contributed by atoms with Gasteiger partial charge in [-0.25, -0.2) is 4.79 Å². The number of amides is 3. The van der Waals surface area contributed by atoms with E-state index in [1.165, 1.54) is 0 Å². The summed E-state index contributed by atoms with van der Waals surface area (Å²) in [5.74, 6) is 3.26. The molecule has 2 rings (SSSR count). The van der Waals surface area contributed by atoms with Gasteiger partial charge in [-0.1, -0.05) is 11.1 Å². The number of nitrogens with one attached hydrogen (secondary N) is 2. The normalized spacial score (nSPS) is 15.2. The predicted molar refractivity (Wildman–Crippen MR) is 80.1 cm³/mol. The van der Waals surface area contributed by atoms with E-state index in [0.717, 1.165) is 0 Å². The van der Waals surface area contributed by atoms with Crippen LogP contribution in [0.4, 0.5) is 10.6 Å². The molecule has 0 bridgehead atoms. The lowest BCUT2D eigenvalue weighted by atomic mass is 10.3. The van der Waals surface area contributed by atoms with Gasteiger partial charge in [0.15, 0.2) is 5.82 Å². The Morgan fingerprint density at radius 1 is 1.41 bits per heavy atom. The number of rotatable bonds is 4. The summed E-state index contributed by atoms with van der Waals surface area (Å²) in [6.45, 7) is 4.63. The number of hydrogen-bond donors (Lipinski definition) is 2. The zero-order valence-corrected chi connectivity index (χ0v) is 12.5. The molecular formula is C14H19N5O3. The van der Waals surface area contributed by atoms with Crippen molar-refractivity contribution in [1.29, 1.82) is 0 Å². The minimum absolute atomic E-state index is 0.154. The van der Waals surface area contributed by atoms with E-state index in [1.54, 1.807) is 17.9 Å². The van der Waals surface area contributed by atoms with Gasteiger partial charge in [0.25, 0.3) is 0 Å². The second-order valence-electron chi connectivity index (χ2n) is 5.00. The fourth-order valence-corrected chi connectivity index (χ4v) is 2.16. The van der Waals surface area contributed by atoms with E-state index in [0.29, 0.717) is 37.8 Å². The van der Waals surface area contributed by atoms with Gasteiger partial charge >= 0.3 is 6.03 Å². The number of urea groups is 1. The van der Waals surface area contributed by atoms with E-state index >= 15 is 0 Å². The van der Waals surface area contributed by atoms with Crippen LogP contribution in [0.1, 0.15) is 5.76 Å². The molecule has 8 heteroatoms. The molecule has 0 spiro atoms. The smallest absolute Gasteiger partial charge is 0.318 e. The lowest BCUT2D eigenvalue weighted by Crippen LogP contribution is -2.53. The lowest BCUT2D eigenvalue weighted by molar-refractivity contribution is -0.117. The lowest BCUT2D eigenvalue weighted by Gasteiger charge is -2.34. The maximum atomic E-state index is 11.9. The quantitative estimate of drug-likeness (QED) is 0.757. The molecule has 2 N–H and O–H groups in total. The van der Waals surface area contributed by atoms with Gasteiger partial charge in [0.05, 0.1) is 13.1 Å². The topological polar surface area (TPSA) is 90.7 Å². The van der Waals surface area contributed by atoms with Crippen molar-refractivity contribution in [3.8, 4) is 12.3 Å². The van der Waals surface area contributed by atoms with Crippen LogP contribution in [0.15, 0.2) is 10.6 Å². The molecular weight excluding hydrogens is 286 g/mol. The van der Waals surface area contributed by atoms with Crippen LogP contribution in [0.2, 0.25) is 0 Å². The van der Waals surface area contributed by atoms with Crippen LogP contribution in [0.25, 0.3) is 0 Å². The Labute approximate surface area is 128 Å². The van der Waals surface area contributed by atoms with Gasteiger partial charge in [-0.15, -0.1) is 6.42 Å². The molecule has 22 heavy (non-hydrogen) atoms. The summed E-state index contributed by atoms with van der Waals surface area (Å²) in [4.78, 5) is 27.3. The summed E-state index contributed by atoms with van der Waals surface area (Å²) in [7, 11) is 0. The molecule has 1 saturated heterocycles. The standard InChI is InChI=1S/C14H19N5O3/c1-3-4-15-14(21)19-7-5-18(6-8-19)10-13(20)16-12-9-11(2)22-17-12/h1,9H,4-8,10H2,2H3,(H,15,21)(H,16,17,20). The fraction of sp³-hybridized carbons (Fsp3) is 0.500. The minimum atomic E-state index is -0.167. The SMILES string of the molecule is C#CCNC(=O)N1CCN(CC(=O)Nc2cc(C)on2)CC1. The van der Waals surface area contributed by atoms with Gasteiger partial charge in [-0.05, 0) is 6.92 Å². The van der Waals surface area contributed by atoms with E-state index < -0.39 is 0 Å². The Balaban J connectivity index is 1.72. The number of hydrogen-bond acceptors (Lipinski definition) is 5. The van der Waals surface area contributed by atoms with Crippen molar-refractivity contribution < 1.29 is 14.1 Å². The van der Waals surface area contributed by atoms with Crippen molar-refractivity contribution in [3.63, 3.8) is 0 Å². The Bertz CT molecular complexity index is 569. The summed E-state index contributed by atoms with van der Waals surface area (Å²) < 4.78 is 4.88. The highest BCUT2D eigenvalue weighted by Crippen LogP contribution is 2.07. The second-order valence-corrected chi connectivity index (χ2v) is 5.00. The van der Waals surface area contributed by atoms with Crippen LogP contribution in [-0.2, 0) is 4.79 Å². The number of aryl methyl sites for hydroxylation is 1. The maximum absolute atomic E-state index is 11.9. The summed E-state index contributed by atoms with van der Waals surface area (Å²) in [6.07, 6.45) is 5.10. The molecule has 0 aromatic carbocycles. The van der Waals surface area contributed by atoms with Gasteiger partial charge in [0, 0.05) is 32.2 Å². The summed E-state index contributed by atoms with van der Waals surface area (Å²) in [5, 5.41) is 9.01. The largest absolute Gasteiger partial charge is 0.360 e. The fourth-order valence-electron chi connectivity index (χ4n) is 2.16. The zero-order valence-electron chi connectivity index (χ0n) is 12.5. The van der Waals surface area contributed by atoms with Crippen LogP contribution in [0.5, 0.6) is 0 Å². The third-order valence-corrected chi connectivity index (χ3v) is 3.26. The highest BCUT2D eigenvalue weighted by molar-refractivity contribution is 5.91. The van der Waals surface area contributed by atoms with Crippen LogP contribution < -0.4 is 10.6 Å². The van der Waals surface area contributed by atoms with Gasteiger partial charge in [-0.2, -0.15) is 0 Å². The number of nitrogens with zero attached hydrogens (tertiary/aromatic N) is 3. The molecule has 0 unspecified atom stereocenters. The number of carbonyl (C=O) groups is 2. The number of carbonyl (C=O) groups excluding carboxylic acids is 2. The molecule has 118 valence electrons. The van der Waals surface area contributed by atoms with Crippen molar-refractivity contribution in [2.45, 2.75) is 6.92 Å². The van der Waals surface area contributed by atoms with Crippen molar-refractivity contribution in [1.82, 2.24) is 20.3 Å². The van der Waals surface area contributed by atoms with Crippen LogP contribution >= 0.6 is 0 Å². The van der Waals surface area contributed by atoms with E-state index in [2.05, 4.69) is 21.7 Å². The molecule has 1 aromatic rings. The number of anilines is 1. The molecule has 3 amide bonds. The van der Waals surface area contributed by atoms with Gasteiger partial charge < -0.3 is 20.1 Å². The molecule has 8 nitrogen and oxygen atoms in total. The number of aromatic nitrogens is 1. The summed E-state index contributed by atoms with van der Waals surface area (Å²) >= 11 is 0. The first-order valence-electron chi connectivity index (χ1n) is 7.00. The highest BCUT2D eigenvalue weighted by atomic mass is 16.5. The first-order chi connectivity index (χ1) is 10.6. The second kappa shape index (κ2) is 7.47. The van der Waals surface area contributed by atoms with Gasteiger partial charge in [-0.3, -0.25) is 9.69 Å². The number of terminal acetylenes is 1. The molecule has 0 aliphatic carbocycles. The van der Waals surface area contributed by atoms with Gasteiger partial charge in [0.2, 0.25) is 5.91 Å². The summed E-state index contributed by atoms with van der Waals surface area (Å²) in [6, 6.07) is 1.49. The van der Waals surface area contributed by atoms with Gasteiger partial charge in [0.1, 0.15) is 5.76 Å². The van der Waals surface area contributed by atoms with Crippen LogP contribution in [-0.4, -0.2) is 66.2 Å². The first kappa shape index (κ1) is 15.9. The molecule has 1 aliphatic heterocycles. The van der Waals surface area contributed by atoms with E-state index in [9.17, 15) is 9.59 Å². The molecule has 0 radical (unpaired) electrons. The van der Waals surface area contributed by atoms with Crippen molar-refractivity contribution in [3.05, 3.63) is 11.8 Å². The zero-order chi connectivity index (χ0) is 15.9. The summed E-state index contributed by atoms with van der Waals surface area (Å²) in [5.41, 5.74) is 0. The third kappa shape index (κ3) is 4.49. The molecule has 1 aromatic heterocycles. The first-order valence-corrected chi connectivity index (χ1v) is 7.00. The average Bonchev–Trinajstić information content (AvgIpc) is 2.90. The third-order valence-electron chi connectivity index (χ3n) is 3.26. The van der Waals surface area contributed by atoms with E-state index in [-0.39, 0.29) is 25.0 Å². The maximum Gasteiger partial charge on any atom is 0.318 e. The van der Waals surface area contributed by atoms with Crippen molar-refractivity contribution >= 4 is 17.8 Å². The van der Waals surface area contributed by atoms with E-state index in [4.69, 9.17) is 10.9 Å². The Morgan fingerprint density at radius 3 is 2.73 bits per heavy atom. The number of piperazine rings is 1. The molecule has 0 saturated carbocycles. The highest BCUT2D eigenvalue weighted by Gasteiger charge is 2.22. The molecule has 0 atom stereocenters. The average molecular weight is 305 g/mol. The Hall–Kier alpha value is -2.53. The van der Waals surface area contributed by atoms with Crippen LogP contribution in [0.3, 0.4) is 0 Å². The molecule has 1 fully saturated rings. The molecule has 2 heterocycles. The minimum Gasteiger partial charge on any atom is -0.360 e. The van der Waals surface area contributed by atoms with E-state index in [1.807, 2.05) is 4.90 Å². The Kier molecular flexibility index (Phi) is 5.38. The predicted octanol–water partition coefficient (Wildman–Crippen LogP) is -0.118. The monoisotopic (exact) mass is 305 g/mol.